The summed E-state index contributed by atoms with van der Waals surface area (Å²) in [5, 5.41) is 6.43. The van der Waals surface area contributed by atoms with Crippen LogP contribution >= 0.6 is 0 Å². The average Bonchev–Trinajstić information content (AvgIpc) is 2.80. The van der Waals surface area contributed by atoms with Crippen LogP contribution in [0.5, 0.6) is 11.5 Å². The number of rotatable bonds is 7. The molecule has 9 nitrogen and oxygen atoms in total. The molecule has 0 saturated carbocycles. The molecule has 1 aliphatic rings. The molecule has 1 saturated heterocycles. The summed E-state index contributed by atoms with van der Waals surface area (Å²) in [6.45, 7) is 9.34. The van der Waals surface area contributed by atoms with E-state index in [1.165, 1.54) is 0 Å². The zero-order chi connectivity index (χ0) is 23.2. The largest absolute Gasteiger partial charge is 0.490 e. The minimum absolute atomic E-state index is 0.389. The number of urea groups is 1. The van der Waals surface area contributed by atoms with E-state index in [-0.39, 0.29) is 6.03 Å². The number of fused-ring (bicyclic) bond motifs is 1. The van der Waals surface area contributed by atoms with Gasteiger partial charge in [0.25, 0.3) is 0 Å². The van der Waals surface area contributed by atoms with Crippen LogP contribution in [0, 0.1) is 6.92 Å². The number of carbonyl (C=O) groups excluding carboxylic acids is 1. The first-order chi connectivity index (χ1) is 16.1. The molecule has 1 aromatic heterocycles. The van der Waals surface area contributed by atoms with Crippen molar-refractivity contribution in [2.75, 3.05) is 55.1 Å². The number of morpholine rings is 1. The topological polar surface area (TPSA) is 97.8 Å². The highest BCUT2D eigenvalue weighted by Gasteiger charge is 2.20. The molecule has 2 N–H and O–H groups in total. The molecule has 4 rings (SSSR count). The number of anilines is 3. The number of aryl methyl sites for hydroxylation is 1. The Morgan fingerprint density at radius 2 is 1.76 bits per heavy atom. The molecule has 0 unspecified atom stereocenters. The third-order valence-corrected chi connectivity index (χ3v) is 5.15. The van der Waals surface area contributed by atoms with E-state index in [4.69, 9.17) is 24.2 Å². The summed E-state index contributed by atoms with van der Waals surface area (Å²) in [6.07, 6.45) is 0. The number of hydrogen-bond donors (Lipinski definition) is 2. The lowest BCUT2D eigenvalue weighted by Gasteiger charge is -2.27. The van der Waals surface area contributed by atoms with E-state index in [0.717, 1.165) is 5.56 Å². The Labute approximate surface area is 193 Å². The lowest BCUT2D eigenvalue weighted by molar-refractivity contribution is 0.122. The lowest BCUT2D eigenvalue weighted by Crippen LogP contribution is -2.37. The van der Waals surface area contributed by atoms with E-state index in [1.54, 1.807) is 0 Å². The van der Waals surface area contributed by atoms with Gasteiger partial charge in [-0.15, -0.1) is 0 Å². The van der Waals surface area contributed by atoms with E-state index >= 15 is 0 Å². The number of carbonyl (C=O) groups is 1. The summed E-state index contributed by atoms with van der Waals surface area (Å²) in [5.74, 6) is 2.12. The summed E-state index contributed by atoms with van der Waals surface area (Å²) in [6, 6.07) is 10.9. The monoisotopic (exact) mass is 451 g/mol. The Balaban J connectivity index is 1.73. The molecule has 174 valence electrons. The van der Waals surface area contributed by atoms with Crippen LogP contribution < -0.4 is 25.0 Å². The number of amides is 2. The highest BCUT2D eigenvalue weighted by molar-refractivity contribution is 6.05. The maximum absolute atomic E-state index is 12.8. The number of benzene rings is 2. The molecule has 0 spiro atoms. The van der Waals surface area contributed by atoms with E-state index in [9.17, 15) is 4.79 Å². The third-order valence-electron chi connectivity index (χ3n) is 5.15. The van der Waals surface area contributed by atoms with Crippen LogP contribution in [-0.2, 0) is 4.74 Å². The van der Waals surface area contributed by atoms with Crippen LogP contribution in [0.3, 0.4) is 0 Å². The molecular formula is C24H29N5O4. The smallest absolute Gasteiger partial charge is 0.324 e. The molecule has 0 bridgehead atoms. The van der Waals surface area contributed by atoms with Gasteiger partial charge in [0, 0.05) is 30.2 Å². The predicted molar refractivity (Wildman–Crippen MR) is 129 cm³/mol. The Hall–Kier alpha value is -3.59. The summed E-state index contributed by atoms with van der Waals surface area (Å²) >= 11 is 0. The quantitative estimate of drug-likeness (QED) is 0.555. The second-order valence-corrected chi connectivity index (χ2v) is 7.60. The van der Waals surface area contributed by atoms with Crippen molar-refractivity contribution in [3.05, 3.63) is 42.0 Å². The molecule has 2 amide bonds. The zero-order valence-electron chi connectivity index (χ0n) is 19.2. The summed E-state index contributed by atoms with van der Waals surface area (Å²) in [5.41, 5.74) is 2.41. The maximum atomic E-state index is 12.8. The molecule has 33 heavy (non-hydrogen) atoms. The van der Waals surface area contributed by atoms with Gasteiger partial charge >= 0.3 is 6.03 Å². The fourth-order valence-corrected chi connectivity index (χ4v) is 3.65. The molecular weight excluding hydrogens is 422 g/mol. The van der Waals surface area contributed by atoms with E-state index in [2.05, 4.69) is 10.6 Å². The first-order valence-electron chi connectivity index (χ1n) is 11.2. The molecule has 1 fully saturated rings. The van der Waals surface area contributed by atoms with Crippen LogP contribution in [0.2, 0.25) is 0 Å². The van der Waals surface area contributed by atoms with Crippen molar-refractivity contribution in [3.8, 4) is 11.5 Å². The van der Waals surface area contributed by atoms with Crippen molar-refractivity contribution in [2.24, 2.45) is 0 Å². The fraction of sp³-hybridized carbons (Fsp3) is 0.375. The van der Waals surface area contributed by atoms with Gasteiger partial charge in [-0.1, -0.05) is 12.1 Å². The standard InChI is InChI=1S/C24H29N5O4/c1-4-32-20-14-18-19(15-21(20)33-5-2)26-23(29-9-11-31-12-10-29)27-22(18)28-24(30)25-17-8-6-7-16(3)13-17/h6-8,13-15H,4-5,9-12H2,1-3H3,(H2,25,26,27,28,30). The van der Waals surface area contributed by atoms with Crippen LogP contribution in [0.15, 0.2) is 36.4 Å². The first-order valence-corrected chi connectivity index (χ1v) is 11.2. The van der Waals surface area contributed by atoms with E-state index in [0.29, 0.717) is 79.4 Å². The molecule has 3 aromatic rings. The fourth-order valence-electron chi connectivity index (χ4n) is 3.65. The zero-order valence-corrected chi connectivity index (χ0v) is 19.2. The summed E-state index contributed by atoms with van der Waals surface area (Å²) in [4.78, 5) is 24.3. The van der Waals surface area contributed by atoms with Gasteiger partial charge in [0.1, 0.15) is 5.82 Å². The van der Waals surface area contributed by atoms with Crippen LogP contribution in [0.4, 0.5) is 22.2 Å². The van der Waals surface area contributed by atoms with Crippen molar-refractivity contribution in [3.63, 3.8) is 0 Å². The van der Waals surface area contributed by atoms with Crippen molar-refractivity contribution < 1.29 is 19.0 Å². The number of hydrogen-bond acceptors (Lipinski definition) is 7. The van der Waals surface area contributed by atoms with Gasteiger partial charge < -0.3 is 24.4 Å². The molecule has 2 heterocycles. The maximum Gasteiger partial charge on any atom is 0.324 e. The molecule has 1 aliphatic heterocycles. The molecule has 0 radical (unpaired) electrons. The number of aromatic nitrogens is 2. The highest BCUT2D eigenvalue weighted by Crippen LogP contribution is 2.35. The minimum Gasteiger partial charge on any atom is -0.490 e. The number of ether oxygens (including phenoxy) is 3. The second kappa shape index (κ2) is 10.4. The van der Waals surface area contributed by atoms with Crippen molar-refractivity contribution in [1.82, 2.24) is 9.97 Å². The van der Waals surface area contributed by atoms with Gasteiger partial charge in [-0.3, -0.25) is 5.32 Å². The Morgan fingerprint density at radius 1 is 1.03 bits per heavy atom. The molecule has 0 atom stereocenters. The van der Waals surface area contributed by atoms with Crippen molar-refractivity contribution >= 4 is 34.4 Å². The predicted octanol–water partition coefficient (Wildman–Crippen LogP) is 4.22. The molecule has 0 aliphatic carbocycles. The van der Waals surface area contributed by atoms with Crippen LogP contribution in [-0.4, -0.2) is 55.5 Å². The SMILES string of the molecule is CCOc1cc2nc(N3CCOCC3)nc(NC(=O)Nc3cccc(C)c3)c2cc1OCC. The van der Waals surface area contributed by atoms with Gasteiger partial charge in [-0.05, 0) is 44.5 Å². The third kappa shape index (κ3) is 5.43. The highest BCUT2D eigenvalue weighted by atomic mass is 16.5. The minimum atomic E-state index is -0.389. The van der Waals surface area contributed by atoms with Crippen molar-refractivity contribution in [1.29, 1.82) is 0 Å². The van der Waals surface area contributed by atoms with Gasteiger partial charge in [0.2, 0.25) is 5.95 Å². The van der Waals surface area contributed by atoms with Gasteiger partial charge in [0.15, 0.2) is 11.5 Å². The van der Waals surface area contributed by atoms with Gasteiger partial charge in [0.05, 0.1) is 31.9 Å². The van der Waals surface area contributed by atoms with Crippen molar-refractivity contribution in [2.45, 2.75) is 20.8 Å². The summed E-state index contributed by atoms with van der Waals surface area (Å²) < 4.78 is 17.0. The number of nitrogens with zero attached hydrogens (tertiary/aromatic N) is 3. The molecule has 2 aromatic carbocycles. The van der Waals surface area contributed by atoms with E-state index < -0.39 is 0 Å². The van der Waals surface area contributed by atoms with E-state index in [1.807, 2.05) is 62.1 Å². The van der Waals surface area contributed by atoms with Gasteiger partial charge in [-0.2, -0.15) is 4.98 Å². The van der Waals surface area contributed by atoms with Gasteiger partial charge in [-0.25, -0.2) is 9.78 Å². The lowest BCUT2D eigenvalue weighted by atomic mass is 10.2. The Morgan fingerprint density at radius 3 is 2.45 bits per heavy atom. The van der Waals surface area contributed by atoms with Crippen LogP contribution in [0.25, 0.3) is 10.9 Å². The number of nitrogens with one attached hydrogen (secondary N) is 2. The van der Waals surface area contributed by atoms with Crippen LogP contribution in [0.1, 0.15) is 19.4 Å². The molecule has 9 heteroatoms. The summed E-state index contributed by atoms with van der Waals surface area (Å²) in [7, 11) is 0. The Bertz CT molecular complexity index is 1130. The first kappa shape index (κ1) is 22.6. The second-order valence-electron chi connectivity index (χ2n) is 7.60. The Kier molecular flexibility index (Phi) is 7.09. The normalized spacial score (nSPS) is 13.6. The average molecular weight is 452 g/mol.